The maximum Gasteiger partial charge on any atom is 0.165 e. The quantitative estimate of drug-likeness (QED) is 0.734. The van der Waals surface area contributed by atoms with Crippen LogP contribution in [0, 0.1) is 0 Å². The Labute approximate surface area is 104 Å². The van der Waals surface area contributed by atoms with E-state index in [-0.39, 0.29) is 0 Å². The maximum atomic E-state index is 4.54. The van der Waals surface area contributed by atoms with Gasteiger partial charge >= 0.3 is 0 Å². The summed E-state index contributed by atoms with van der Waals surface area (Å²) in [6, 6.07) is 5.84. The first-order valence-electron chi connectivity index (χ1n) is 5.57. The fourth-order valence-electron chi connectivity index (χ4n) is 1.91. The fourth-order valence-corrected chi connectivity index (χ4v) is 1.91. The van der Waals surface area contributed by atoms with Crippen molar-refractivity contribution in [2.24, 2.45) is 7.05 Å². The van der Waals surface area contributed by atoms with Gasteiger partial charge in [0, 0.05) is 20.3 Å². The van der Waals surface area contributed by atoms with Crippen LogP contribution < -0.4 is 5.32 Å². The molecule has 90 valence electrons. The van der Waals surface area contributed by atoms with Crippen LogP contribution in [-0.2, 0) is 7.05 Å². The molecule has 3 rings (SSSR count). The van der Waals surface area contributed by atoms with Crippen LogP contribution in [0.15, 0.2) is 30.7 Å². The second-order valence-electron chi connectivity index (χ2n) is 3.88. The van der Waals surface area contributed by atoms with E-state index in [0.717, 1.165) is 22.6 Å². The highest BCUT2D eigenvalue weighted by molar-refractivity contribution is 5.87. The number of nitrogens with one attached hydrogen (secondary N) is 1. The van der Waals surface area contributed by atoms with Crippen molar-refractivity contribution >= 4 is 16.9 Å². The van der Waals surface area contributed by atoms with Gasteiger partial charge in [-0.3, -0.25) is 4.68 Å². The summed E-state index contributed by atoms with van der Waals surface area (Å²) in [6.07, 6.45) is 3.26. The van der Waals surface area contributed by atoms with Crippen molar-refractivity contribution in [1.82, 2.24) is 24.7 Å². The van der Waals surface area contributed by atoms with Crippen LogP contribution in [0.25, 0.3) is 22.4 Å². The zero-order valence-corrected chi connectivity index (χ0v) is 10.1. The van der Waals surface area contributed by atoms with Gasteiger partial charge in [-0.2, -0.15) is 5.10 Å². The summed E-state index contributed by atoms with van der Waals surface area (Å²) in [7, 11) is 3.72. The van der Waals surface area contributed by atoms with Crippen molar-refractivity contribution in [2.75, 3.05) is 12.4 Å². The van der Waals surface area contributed by atoms with Crippen molar-refractivity contribution in [3.8, 4) is 11.4 Å². The van der Waals surface area contributed by atoms with Crippen molar-refractivity contribution in [1.29, 1.82) is 0 Å². The lowest BCUT2D eigenvalue weighted by Crippen LogP contribution is -1.99. The molecule has 0 radical (unpaired) electrons. The van der Waals surface area contributed by atoms with Crippen LogP contribution >= 0.6 is 0 Å². The van der Waals surface area contributed by atoms with E-state index in [1.807, 2.05) is 32.3 Å². The minimum atomic E-state index is 0.674. The molecule has 18 heavy (non-hydrogen) atoms. The molecule has 0 saturated carbocycles. The fraction of sp³-hybridized carbons (Fsp3) is 0.167. The maximum absolute atomic E-state index is 4.54. The molecule has 0 amide bonds. The molecule has 0 fully saturated rings. The number of pyridine rings is 1. The van der Waals surface area contributed by atoms with E-state index in [0.29, 0.717) is 5.65 Å². The molecular formula is C12H12N6. The monoisotopic (exact) mass is 240 g/mol. The average molecular weight is 240 g/mol. The topological polar surface area (TPSA) is 68.5 Å². The molecule has 0 aromatic carbocycles. The van der Waals surface area contributed by atoms with Gasteiger partial charge in [-0.1, -0.05) is 0 Å². The van der Waals surface area contributed by atoms with Gasteiger partial charge in [-0.05, 0) is 18.2 Å². The number of aromatic nitrogens is 5. The number of hydrogen-bond acceptors (Lipinski definition) is 5. The second-order valence-corrected chi connectivity index (χ2v) is 3.88. The summed E-state index contributed by atoms with van der Waals surface area (Å²) >= 11 is 0. The van der Waals surface area contributed by atoms with Crippen molar-refractivity contribution in [3.05, 3.63) is 30.7 Å². The van der Waals surface area contributed by atoms with Gasteiger partial charge in [0.25, 0.3) is 0 Å². The lowest BCUT2D eigenvalue weighted by atomic mass is 10.2. The first kappa shape index (κ1) is 10.6. The predicted molar refractivity (Wildman–Crippen MR) is 69.1 cm³/mol. The molecule has 1 N–H and O–H groups in total. The van der Waals surface area contributed by atoms with Crippen LogP contribution in [0.2, 0.25) is 0 Å². The van der Waals surface area contributed by atoms with Crippen LogP contribution in [-0.4, -0.2) is 31.8 Å². The van der Waals surface area contributed by atoms with Gasteiger partial charge in [0.1, 0.15) is 12.1 Å². The van der Waals surface area contributed by atoms with Crippen molar-refractivity contribution in [3.63, 3.8) is 0 Å². The van der Waals surface area contributed by atoms with Gasteiger partial charge in [-0.15, -0.1) is 0 Å². The minimum absolute atomic E-state index is 0.674. The highest BCUT2D eigenvalue weighted by Gasteiger charge is 2.08. The van der Waals surface area contributed by atoms with Crippen LogP contribution in [0.4, 0.5) is 5.82 Å². The molecule has 0 aliphatic rings. The Morgan fingerprint density at radius 2 is 2.06 bits per heavy atom. The van der Waals surface area contributed by atoms with E-state index in [1.165, 1.54) is 6.33 Å². The summed E-state index contributed by atoms with van der Waals surface area (Å²) < 4.78 is 1.79. The largest absolute Gasteiger partial charge is 0.372 e. The standard InChI is InChI=1S/C12H12N6/c1-13-11-8-3-4-9(10-5-6-16-18(10)2)17-12(8)15-7-14-11/h3-7H,1-2H3,(H,13,14,15,17). The Hall–Kier alpha value is -2.50. The first-order chi connectivity index (χ1) is 8.79. The Morgan fingerprint density at radius 1 is 1.17 bits per heavy atom. The number of nitrogens with zero attached hydrogens (tertiary/aromatic N) is 5. The Kier molecular flexibility index (Phi) is 2.40. The third-order valence-electron chi connectivity index (χ3n) is 2.82. The molecule has 6 nitrogen and oxygen atoms in total. The highest BCUT2D eigenvalue weighted by Crippen LogP contribution is 2.22. The summed E-state index contributed by atoms with van der Waals surface area (Å²) in [5.74, 6) is 0.782. The predicted octanol–water partition coefficient (Wildman–Crippen LogP) is 1.47. The zero-order chi connectivity index (χ0) is 12.5. The molecular weight excluding hydrogens is 228 g/mol. The summed E-state index contributed by atoms with van der Waals surface area (Å²) in [5.41, 5.74) is 2.48. The second kappa shape index (κ2) is 4.06. The summed E-state index contributed by atoms with van der Waals surface area (Å²) in [5, 5.41) is 8.07. The number of rotatable bonds is 2. The first-order valence-corrected chi connectivity index (χ1v) is 5.57. The van der Waals surface area contributed by atoms with Crippen LogP contribution in [0.5, 0.6) is 0 Å². The molecule has 0 saturated heterocycles. The van der Waals surface area contributed by atoms with Crippen LogP contribution in [0.1, 0.15) is 0 Å². The molecule has 0 spiro atoms. The number of fused-ring (bicyclic) bond motifs is 1. The number of anilines is 1. The smallest absolute Gasteiger partial charge is 0.165 e. The molecule has 0 unspecified atom stereocenters. The van der Waals surface area contributed by atoms with Gasteiger partial charge in [-0.25, -0.2) is 15.0 Å². The molecule has 0 atom stereocenters. The van der Waals surface area contributed by atoms with Gasteiger partial charge in [0.15, 0.2) is 5.65 Å². The van der Waals surface area contributed by atoms with E-state index < -0.39 is 0 Å². The Balaban J connectivity index is 2.21. The molecule has 0 aliphatic carbocycles. The van der Waals surface area contributed by atoms with E-state index in [4.69, 9.17) is 0 Å². The van der Waals surface area contributed by atoms with Crippen molar-refractivity contribution in [2.45, 2.75) is 0 Å². The van der Waals surface area contributed by atoms with E-state index in [2.05, 4.69) is 25.4 Å². The Bertz CT molecular complexity index is 703. The highest BCUT2D eigenvalue weighted by atomic mass is 15.3. The normalized spacial score (nSPS) is 10.8. The summed E-state index contributed by atoms with van der Waals surface area (Å²) in [4.78, 5) is 12.9. The molecule has 0 bridgehead atoms. The van der Waals surface area contributed by atoms with Crippen LogP contribution in [0.3, 0.4) is 0 Å². The molecule has 3 aromatic rings. The third kappa shape index (κ3) is 1.58. The van der Waals surface area contributed by atoms with E-state index >= 15 is 0 Å². The van der Waals surface area contributed by atoms with Gasteiger partial charge in [0.05, 0.1) is 16.8 Å². The molecule has 3 aromatic heterocycles. The number of hydrogen-bond donors (Lipinski definition) is 1. The lowest BCUT2D eigenvalue weighted by Gasteiger charge is -2.05. The zero-order valence-electron chi connectivity index (χ0n) is 10.1. The lowest BCUT2D eigenvalue weighted by molar-refractivity contribution is 0.773. The van der Waals surface area contributed by atoms with Crippen molar-refractivity contribution < 1.29 is 0 Å². The van der Waals surface area contributed by atoms with Gasteiger partial charge < -0.3 is 5.32 Å². The minimum Gasteiger partial charge on any atom is -0.372 e. The molecule has 3 heterocycles. The summed E-state index contributed by atoms with van der Waals surface area (Å²) in [6.45, 7) is 0. The number of aryl methyl sites for hydroxylation is 1. The molecule has 6 heteroatoms. The average Bonchev–Trinajstić information content (AvgIpc) is 2.83. The molecule has 0 aliphatic heterocycles. The SMILES string of the molecule is CNc1ncnc2nc(-c3ccnn3C)ccc12. The van der Waals surface area contributed by atoms with E-state index in [1.54, 1.807) is 10.9 Å². The Morgan fingerprint density at radius 3 is 2.78 bits per heavy atom. The van der Waals surface area contributed by atoms with E-state index in [9.17, 15) is 0 Å². The van der Waals surface area contributed by atoms with Gasteiger partial charge in [0.2, 0.25) is 0 Å². The third-order valence-corrected chi connectivity index (χ3v) is 2.82.